The zero-order chi connectivity index (χ0) is 10.0. The van der Waals surface area contributed by atoms with Crippen LogP contribution >= 0.6 is 0 Å². The van der Waals surface area contributed by atoms with E-state index in [9.17, 15) is 13.6 Å². The van der Waals surface area contributed by atoms with Crippen LogP contribution in [0.25, 0.3) is 0 Å². The van der Waals surface area contributed by atoms with Crippen molar-refractivity contribution in [2.24, 2.45) is 0 Å². The normalized spacial score (nSPS) is 12.6. The van der Waals surface area contributed by atoms with Crippen LogP contribution in [0.4, 0.5) is 8.78 Å². The van der Waals surface area contributed by atoms with Gasteiger partial charge in [-0.25, -0.2) is 8.78 Å². The van der Waals surface area contributed by atoms with Crippen molar-refractivity contribution in [3.05, 3.63) is 35.1 Å². The van der Waals surface area contributed by atoms with Crippen molar-refractivity contribution in [2.45, 2.75) is 20.0 Å². The maximum Gasteiger partial charge on any atom is 0.160 e. The minimum absolute atomic E-state index is 0.120. The second-order valence-corrected chi connectivity index (χ2v) is 2.87. The van der Waals surface area contributed by atoms with E-state index in [0.29, 0.717) is 0 Å². The van der Waals surface area contributed by atoms with Crippen LogP contribution in [0.15, 0.2) is 18.2 Å². The second-order valence-electron chi connectivity index (χ2n) is 2.87. The lowest BCUT2D eigenvalue weighted by atomic mass is 10.0. The van der Waals surface area contributed by atoms with Gasteiger partial charge >= 0.3 is 0 Å². The molecule has 1 aromatic rings. The van der Waals surface area contributed by atoms with Crippen LogP contribution in [0.1, 0.15) is 35.9 Å². The number of carbonyl (C=O) groups excluding carboxylic acids is 1. The molecule has 0 spiro atoms. The third kappa shape index (κ3) is 1.91. The SMILES string of the molecule is CC(=O)c1cccc(F)c1C(C)F. The Hall–Kier alpha value is -1.25. The van der Waals surface area contributed by atoms with Crippen molar-refractivity contribution in [1.29, 1.82) is 0 Å². The summed E-state index contributed by atoms with van der Waals surface area (Å²) in [7, 11) is 0. The van der Waals surface area contributed by atoms with Crippen LogP contribution < -0.4 is 0 Å². The second kappa shape index (κ2) is 3.64. The molecule has 0 heterocycles. The van der Waals surface area contributed by atoms with Gasteiger partial charge in [0.2, 0.25) is 0 Å². The molecular formula is C10H10F2O. The van der Waals surface area contributed by atoms with E-state index in [0.717, 1.165) is 6.07 Å². The lowest BCUT2D eigenvalue weighted by Crippen LogP contribution is -2.03. The van der Waals surface area contributed by atoms with E-state index in [2.05, 4.69) is 0 Å². The third-order valence-corrected chi connectivity index (χ3v) is 1.83. The highest BCUT2D eigenvalue weighted by atomic mass is 19.1. The van der Waals surface area contributed by atoms with Crippen LogP contribution in [0.3, 0.4) is 0 Å². The molecule has 0 bridgehead atoms. The molecule has 0 saturated heterocycles. The summed E-state index contributed by atoms with van der Waals surface area (Å²) >= 11 is 0. The summed E-state index contributed by atoms with van der Waals surface area (Å²) in [5.41, 5.74) is -0.0231. The Labute approximate surface area is 75.4 Å². The molecule has 0 aliphatic carbocycles. The summed E-state index contributed by atoms with van der Waals surface area (Å²) in [5, 5.41) is 0. The van der Waals surface area contributed by atoms with Crippen molar-refractivity contribution < 1.29 is 13.6 Å². The smallest absolute Gasteiger partial charge is 0.160 e. The molecule has 0 aliphatic heterocycles. The Morgan fingerprint density at radius 2 is 2.08 bits per heavy atom. The monoisotopic (exact) mass is 184 g/mol. The van der Waals surface area contributed by atoms with Crippen molar-refractivity contribution in [3.8, 4) is 0 Å². The summed E-state index contributed by atoms with van der Waals surface area (Å²) in [6, 6.07) is 3.98. The molecule has 70 valence electrons. The fraction of sp³-hybridized carbons (Fsp3) is 0.300. The number of alkyl halides is 1. The molecule has 3 heteroatoms. The van der Waals surface area contributed by atoms with Crippen LogP contribution in [-0.2, 0) is 0 Å². The number of hydrogen-bond acceptors (Lipinski definition) is 1. The fourth-order valence-electron chi connectivity index (χ4n) is 1.25. The first-order valence-corrected chi connectivity index (χ1v) is 3.97. The summed E-state index contributed by atoms with van der Waals surface area (Å²) in [5.74, 6) is -0.985. The average Bonchev–Trinajstić information content (AvgIpc) is 2.02. The standard InChI is InChI=1S/C10H10F2O/c1-6(11)10-8(7(2)13)4-3-5-9(10)12/h3-6H,1-2H3. The number of benzene rings is 1. The highest BCUT2D eigenvalue weighted by Gasteiger charge is 2.16. The molecule has 0 amide bonds. The Morgan fingerprint density at radius 3 is 2.46 bits per heavy atom. The number of halogens is 2. The fourth-order valence-corrected chi connectivity index (χ4v) is 1.25. The van der Waals surface area contributed by atoms with E-state index in [4.69, 9.17) is 0 Å². The molecule has 13 heavy (non-hydrogen) atoms. The van der Waals surface area contributed by atoms with Gasteiger partial charge in [-0.3, -0.25) is 4.79 Å². The van der Waals surface area contributed by atoms with Gasteiger partial charge in [0.1, 0.15) is 12.0 Å². The van der Waals surface area contributed by atoms with Crippen molar-refractivity contribution in [1.82, 2.24) is 0 Å². The zero-order valence-corrected chi connectivity index (χ0v) is 7.47. The Morgan fingerprint density at radius 1 is 1.46 bits per heavy atom. The minimum Gasteiger partial charge on any atom is -0.294 e. The van der Waals surface area contributed by atoms with Crippen molar-refractivity contribution in [3.63, 3.8) is 0 Å². The van der Waals surface area contributed by atoms with Gasteiger partial charge in [0.15, 0.2) is 5.78 Å². The lowest BCUT2D eigenvalue weighted by Gasteiger charge is -2.08. The minimum atomic E-state index is -1.46. The summed E-state index contributed by atoms with van der Waals surface area (Å²) < 4.78 is 26.0. The summed E-state index contributed by atoms with van der Waals surface area (Å²) in [6.45, 7) is 2.51. The van der Waals surface area contributed by atoms with Crippen LogP contribution in [0, 0.1) is 5.82 Å². The molecule has 0 fully saturated rings. The van der Waals surface area contributed by atoms with Gasteiger partial charge in [-0.1, -0.05) is 12.1 Å². The molecule has 0 aliphatic rings. The summed E-state index contributed by atoms with van der Waals surface area (Å²) in [6.07, 6.45) is -1.46. The molecule has 1 nitrogen and oxygen atoms in total. The van der Waals surface area contributed by atoms with Gasteiger partial charge in [0.05, 0.1) is 0 Å². The quantitative estimate of drug-likeness (QED) is 0.645. The molecule has 0 N–H and O–H groups in total. The van der Waals surface area contributed by atoms with E-state index in [1.165, 1.54) is 26.0 Å². The van der Waals surface area contributed by atoms with E-state index in [1.54, 1.807) is 0 Å². The van der Waals surface area contributed by atoms with Crippen LogP contribution in [-0.4, -0.2) is 5.78 Å². The van der Waals surface area contributed by atoms with E-state index < -0.39 is 12.0 Å². The van der Waals surface area contributed by atoms with Crippen molar-refractivity contribution in [2.75, 3.05) is 0 Å². The van der Waals surface area contributed by atoms with Gasteiger partial charge in [-0.2, -0.15) is 0 Å². The lowest BCUT2D eigenvalue weighted by molar-refractivity contribution is 0.101. The van der Waals surface area contributed by atoms with Crippen molar-refractivity contribution >= 4 is 5.78 Å². The predicted molar refractivity (Wildman–Crippen MR) is 45.9 cm³/mol. The zero-order valence-electron chi connectivity index (χ0n) is 7.47. The Kier molecular flexibility index (Phi) is 2.76. The maximum atomic E-state index is 13.1. The first-order valence-electron chi connectivity index (χ1n) is 3.97. The molecule has 1 unspecified atom stereocenters. The van der Waals surface area contributed by atoms with Crippen LogP contribution in [0.2, 0.25) is 0 Å². The van der Waals surface area contributed by atoms with Gasteiger partial charge in [-0.05, 0) is 19.9 Å². The third-order valence-electron chi connectivity index (χ3n) is 1.83. The Bertz CT molecular complexity index is 332. The number of Topliss-reactive ketones (excluding diaryl/α,β-unsaturated/α-hetero) is 1. The van der Waals surface area contributed by atoms with Crippen LogP contribution in [0.5, 0.6) is 0 Å². The molecular weight excluding hydrogens is 174 g/mol. The summed E-state index contributed by atoms with van der Waals surface area (Å²) in [4.78, 5) is 11.0. The molecule has 0 radical (unpaired) electrons. The largest absolute Gasteiger partial charge is 0.294 e. The predicted octanol–water partition coefficient (Wildman–Crippen LogP) is 3.06. The van der Waals surface area contributed by atoms with Gasteiger partial charge in [0, 0.05) is 11.1 Å². The molecule has 1 atom stereocenters. The highest BCUT2D eigenvalue weighted by molar-refractivity contribution is 5.95. The van der Waals surface area contributed by atoms with Gasteiger partial charge in [-0.15, -0.1) is 0 Å². The average molecular weight is 184 g/mol. The van der Waals surface area contributed by atoms with Gasteiger partial charge < -0.3 is 0 Å². The molecule has 1 aromatic carbocycles. The number of hydrogen-bond donors (Lipinski definition) is 0. The molecule has 1 rings (SSSR count). The maximum absolute atomic E-state index is 13.1. The first-order chi connectivity index (χ1) is 6.04. The number of ketones is 1. The number of rotatable bonds is 2. The Balaban J connectivity index is 3.34. The highest BCUT2D eigenvalue weighted by Crippen LogP contribution is 2.24. The van der Waals surface area contributed by atoms with Gasteiger partial charge in [0.25, 0.3) is 0 Å². The first kappa shape index (κ1) is 9.84. The van der Waals surface area contributed by atoms with E-state index in [1.807, 2.05) is 0 Å². The number of carbonyl (C=O) groups is 1. The molecule has 0 saturated carbocycles. The van der Waals surface area contributed by atoms with E-state index in [-0.39, 0.29) is 16.9 Å². The molecule has 0 aromatic heterocycles. The van der Waals surface area contributed by atoms with E-state index >= 15 is 0 Å². The topological polar surface area (TPSA) is 17.1 Å².